The topological polar surface area (TPSA) is 97.5 Å². The van der Waals surface area contributed by atoms with Crippen molar-refractivity contribution in [1.82, 2.24) is 0 Å². The molecule has 0 fully saturated rings. The van der Waals surface area contributed by atoms with E-state index in [0.717, 1.165) is 0 Å². The second-order valence-corrected chi connectivity index (χ2v) is 5.48. The van der Waals surface area contributed by atoms with Crippen molar-refractivity contribution >= 4 is 38.6 Å². The predicted molar refractivity (Wildman–Crippen MR) is 63.3 cm³/mol. The molecule has 0 radical (unpaired) electrons. The standard InChI is InChI=1S/C8H8INO4S.Na.H/c9-7(8(10)11)5-1-3-6(4-2-5)15(12,13)14;;/h1-4,7H,(H2,10,11)(H,12,13,14);;/q;+1;-1. The van der Waals surface area contributed by atoms with Crippen LogP contribution in [0, 0.1) is 0 Å². The van der Waals surface area contributed by atoms with Gasteiger partial charge >= 0.3 is 29.6 Å². The van der Waals surface area contributed by atoms with Gasteiger partial charge in [0, 0.05) is 0 Å². The number of hydrogen-bond acceptors (Lipinski definition) is 3. The van der Waals surface area contributed by atoms with Crippen LogP contribution in [0.25, 0.3) is 0 Å². The van der Waals surface area contributed by atoms with E-state index in [-0.39, 0.29) is 35.9 Å². The molecule has 0 aliphatic heterocycles. The number of carbonyl (C=O) groups is 1. The molecular weight excluding hydrogens is 356 g/mol. The Morgan fingerprint density at radius 2 is 1.81 bits per heavy atom. The Hall–Kier alpha value is 0.330. The summed E-state index contributed by atoms with van der Waals surface area (Å²) in [7, 11) is -4.18. The quantitative estimate of drug-likeness (QED) is 0.281. The third-order valence-electron chi connectivity index (χ3n) is 1.72. The summed E-state index contributed by atoms with van der Waals surface area (Å²) in [6.07, 6.45) is 0. The molecule has 0 aliphatic carbocycles. The Bertz CT molecular complexity index is 479. The first-order valence-electron chi connectivity index (χ1n) is 3.83. The largest absolute Gasteiger partial charge is 1.00 e. The first-order chi connectivity index (χ1) is 6.82. The fraction of sp³-hybridized carbons (Fsp3) is 0.125. The molecule has 1 rings (SSSR count). The Balaban J connectivity index is 0. The molecule has 0 aromatic heterocycles. The number of rotatable bonds is 3. The molecule has 1 aromatic rings. The van der Waals surface area contributed by atoms with E-state index >= 15 is 0 Å². The van der Waals surface area contributed by atoms with Gasteiger partial charge in [0.2, 0.25) is 5.91 Å². The van der Waals surface area contributed by atoms with Crippen LogP contribution in [0.3, 0.4) is 0 Å². The number of halogens is 1. The predicted octanol–water partition coefficient (Wildman–Crippen LogP) is -1.99. The van der Waals surface area contributed by atoms with Crippen LogP contribution in [0.15, 0.2) is 29.2 Å². The van der Waals surface area contributed by atoms with Gasteiger partial charge in [0.15, 0.2) is 0 Å². The van der Waals surface area contributed by atoms with Gasteiger partial charge in [-0.2, -0.15) is 8.42 Å². The van der Waals surface area contributed by atoms with Crippen molar-refractivity contribution in [2.24, 2.45) is 5.73 Å². The molecule has 0 heterocycles. The van der Waals surface area contributed by atoms with Crippen LogP contribution in [0.5, 0.6) is 0 Å². The smallest absolute Gasteiger partial charge is 1.00 e. The van der Waals surface area contributed by atoms with E-state index in [2.05, 4.69) is 0 Å². The summed E-state index contributed by atoms with van der Waals surface area (Å²) in [6, 6.07) is 5.31. The molecule has 1 atom stereocenters. The van der Waals surface area contributed by atoms with Gasteiger partial charge in [-0.15, -0.1) is 0 Å². The van der Waals surface area contributed by atoms with Crippen LogP contribution in [0.1, 0.15) is 10.9 Å². The van der Waals surface area contributed by atoms with Gasteiger partial charge in [-0.25, -0.2) is 0 Å². The minimum atomic E-state index is -4.18. The van der Waals surface area contributed by atoms with E-state index in [9.17, 15) is 13.2 Å². The van der Waals surface area contributed by atoms with Crippen LogP contribution >= 0.6 is 22.6 Å². The van der Waals surface area contributed by atoms with Crippen LogP contribution in [-0.2, 0) is 14.9 Å². The van der Waals surface area contributed by atoms with Crippen LogP contribution in [0.4, 0.5) is 0 Å². The van der Waals surface area contributed by atoms with Gasteiger partial charge in [0.25, 0.3) is 10.1 Å². The zero-order chi connectivity index (χ0) is 11.6. The summed E-state index contributed by atoms with van der Waals surface area (Å²) in [4.78, 5) is 10.6. The van der Waals surface area contributed by atoms with Crippen LogP contribution < -0.4 is 35.3 Å². The molecule has 0 saturated carbocycles. The third-order valence-corrected chi connectivity index (χ3v) is 3.92. The molecule has 16 heavy (non-hydrogen) atoms. The average Bonchev–Trinajstić information content (AvgIpc) is 2.15. The molecule has 0 aliphatic rings. The SMILES string of the molecule is NC(=O)C(I)c1ccc(S(=O)(=O)O)cc1.[H-].[Na+]. The van der Waals surface area contributed by atoms with Crippen molar-refractivity contribution in [3.05, 3.63) is 29.8 Å². The van der Waals surface area contributed by atoms with E-state index < -0.39 is 19.9 Å². The summed E-state index contributed by atoms with van der Waals surface area (Å²) >= 11 is 1.84. The van der Waals surface area contributed by atoms with E-state index in [0.29, 0.717) is 5.56 Å². The monoisotopic (exact) mass is 365 g/mol. The summed E-state index contributed by atoms with van der Waals surface area (Å²) in [6.45, 7) is 0. The molecule has 1 amide bonds. The Morgan fingerprint density at radius 3 is 2.12 bits per heavy atom. The van der Waals surface area contributed by atoms with Gasteiger partial charge in [-0.3, -0.25) is 9.35 Å². The summed E-state index contributed by atoms with van der Waals surface area (Å²) < 4.78 is 29.6. The second-order valence-electron chi connectivity index (χ2n) is 2.81. The number of amides is 1. The molecule has 0 spiro atoms. The van der Waals surface area contributed by atoms with Crippen molar-refractivity contribution in [3.63, 3.8) is 0 Å². The molecule has 5 nitrogen and oxygen atoms in total. The maximum absolute atomic E-state index is 10.8. The summed E-state index contributed by atoms with van der Waals surface area (Å²) in [5.74, 6) is -0.504. The molecule has 8 heteroatoms. The molecule has 0 bridgehead atoms. The number of benzene rings is 1. The summed E-state index contributed by atoms with van der Waals surface area (Å²) in [5.41, 5.74) is 5.67. The van der Waals surface area contributed by atoms with Crippen molar-refractivity contribution in [3.8, 4) is 0 Å². The number of alkyl halides is 1. The van der Waals surface area contributed by atoms with Crippen molar-refractivity contribution in [2.45, 2.75) is 8.82 Å². The molecular formula is C8H9INNaO4S. The van der Waals surface area contributed by atoms with Crippen molar-refractivity contribution < 1.29 is 48.7 Å². The molecule has 84 valence electrons. The first kappa shape index (κ1) is 16.3. The zero-order valence-electron chi connectivity index (χ0n) is 9.42. The van der Waals surface area contributed by atoms with Crippen molar-refractivity contribution in [1.29, 1.82) is 0 Å². The Labute approximate surface area is 130 Å². The number of nitrogens with two attached hydrogens (primary N) is 1. The van der Waals surface area contributed by atoms with Crippen LogP contribution in [-0.4, -0.2) is 18.9 Å². The Morgan fingerprint density at radius 1 is 1.38 bits per heavy atom. The van der Waals surface area contributed by atoms with E-state index in [1.165, 1.54) is 24.3 Å². The zero-order valence-corrected chi connectivity index (χ0v) is 13.4. The maximum atomic E-state index is 10.8. The number of primary amides is 1. The number of carbonyl (C=O) groups excluding carboxylic acids is 1. The van der Waals surface area contributed by atoms with Crippen molar-refractivity contribution in [2.75, 3.05) is 0 Å². The maximum Gasteiger partial charge on any atom is 1.00 e. The van der Waals surface area contributed by atoms with Gasteiger partial charge in [-0.1, -0.05) is 34.7 Å². The van der Waals surface area contributed by atoms with Crippen LogP contribution in [0.2, 0.25) is 0 Å². The minimum Gasteiger partial charge on any atom is -1.00 e. The second kappa shape index (κ2) is 6.31. The van der Waals surface area contributed by atoms with E-state index in [1.807, 2.05) is 22.6 Å². The van der Waals surface area contributed by atoms with E-state index in [4.69, 9.17) is 10.3 Å². The van der Waals surface area contributed by atoms with Gasteiger partial charge in [0.1, 0.15) is 3.92 Å². The first-order valence-corrected chi connectivity index (χ1v) is 6.52. The molecule has 3 N–H and O–H groups in total. The normalized spacial score (nSPS) is 12.6. The third kappa shape index (κ3) is 4.30. The minimum absolute atomic E-state index is 0. The van der Waals surface area contributed by atoms with E-state index in [1.54, 1.807) is 0 Å². The molecule has 1 aromatic carbocycles. The molecule has 0 saturated heterocycles. The number of hydrogen-bond donors (Lipinski definition) is 2. The fourth-order valence-corrected chi connectivity index (χ4v) is 1.87. The summed E-state index contributed by atoms with van der Waals surface area (Å²) in [5, 5.41) is 0. The fourth-order valence-electron chi connectivity index (χ4n) is 0.973. The Kier molecular flexibility index (Phi) is 6.44. The average molecular weight is 365 g/mol. The molecule has 1 unspecified atom stereocenters. The van der Waals surface area contributed by atoms with Gasteiger partial charge < -0.3 is 7.16 Å². The van der Waals surface area contributed by atoms with Gasteiger partial charge in [0.05, 0.1) is 4.90 Å². The van der Waals surface area contributed by atoms with Gasteiger partial charge in [-0.05, 0) is 17.7 Å².